The van der Waals surface area contributed by atoms with Crippen molar-refractivity contribution in [2.45, 2.75) is 6.92 Å². The highest BCUT2D eigenvalue weighted by Crippen LogP contribution is 2.19. The topological polar surface area (TPSA) is 0 Å². The van der Waals surface area contributed by atoms with Crippen LogP contribution in [0.3, 0.4) is 0 Å². The van der Waals surface area contributed by atoms with Crippen molar-refractivity contribution in [2.24, 2.45) is 0 Å². The smallest absolute Gasteiger partial charge is 0.123 e. The average Bonchev–Trinajstić information content (AvgIpc) is 2.21. The zero-order valence-electron chi connectivity index (χ0n) is 7.92. The Morgan fingerprint density at radius 3 is 2.14 bits per heavy atom. The summed E-state index contributed by atoms with van der Waals surface area (Å²) in [5.41, 5.74) is 3.19. The van der Waals surface area contributed by atoms with Gasteiger partial charge in [-0.15, -0.1) is 0 Å². The Kier molecular flexibility index (Phi) is 2.32. The van der Waals surface area contributed by atoms with Crippen molar-refractivity contribution in [3.8, 4) is 11.1 Å². The summed E-state index contributed by atoms with van der Waals surface area (Å²) in [5, 5.41) is 0. The molecule has 0 aliphatic rings. The number of benzene rings is 2. The molecule has 2 aromatic rings. The van der Waals surface area contributed by atoms with Gasteiger partial charge < -0.3 is 0 Å². The lowest BCUT2D eigenvalue weighted by Gasteiger charge is -2.01. The van der Waals surface area contributed by atoms with Crippen LogP contribution in [0.25, 0.3) is 11.1 Å². The van der Waals surface area contributed by atoms with Gasteiger partial charge in [-0.25, -0.2) is 4.39 Å². The van der Waals surface area contributed by atoms with E-state index in [0.717, 1.165) is 16.7 Å². The summed E-state index contributed by atoms with van der Waals surface area (Å²) < 4.78 is 12.7. The zero-order chi connectivity index (χ0) is 9.97. The molecule has 14 heavy (non-hydrogen) atoms. The summed E-state index contributed by atoms with van der Waals surface area (Å²) in [7, 11) is 0. The number of halogens is 1. The molecule has 0 amide bonds. The summed E-state index contributed by atoms with van der Waals surface area (Å²) >= 11 is 0. The lowest BCUT2D eigenvalue weighted by molar-refractivity contribution is 0.628. The first-order valence-electron chi connectivity index (χ1n) is 4.50. The van der Waals surface area contributed by atoms with E-state index in [0.29, 0.717) is 0 Å². The minimum atomic E-state index is -0.204. The third kappa shape index (κ3) is 1.82. The Morgan fingerprint density at radius 1 is 0.929 bits per heavy atom. The first-order valence-corrected chi connectivity index (χ1v) is 4.50. The second-order valence-corrected chi connectivity index (χ2v) is 3.27. The molecule has 0 saturated heterocycles. The molecule has 0 heterocycles. The highest BCUT2D eigenvalue weighted by Gasteiger charge is 1.96. The normalized spacial score (nSPS) is 10.1. The van der Waals surface area contributed by atoms with E-state index >= 15 is 0 Å². The van der Waals surface area contributed by atoms with Gasteiger partial charge in [0.1, 0.15) is 5.82 Å². The summed E-state index contributed by atoms with van der Waals surface area (Å²) in [5.74, 6) is -0.204. The Labute approximate surface area is 83.0 Å². The summed E-state index contributed by atoms with van der Waals surface area (Å²) in [4.78, 5) is 0. The Morgan fingerprint density at radius 2 is 1.57 bits per heavy atom. The van der Waals surface area contributed by atoms with Gasteiger partial charge in [0, 0.05) is 0 Å². The molecule has 0 unspecified atom stereocenters. The summed E-state index contributed by atoms with van der Waals surface area (Å²) in [6.07, 6.45) is 0. The molecule has 0 atom stereocenters. The molecule has 0 N–H and O–H groups in total. The van der Waals surface area contributed by atoms with E-state index in [1.165, 1.54) is 12.1 Å². The molecule has 0 aliphatic carbocycles. The van der Waals surface area contributed by atoms with Crippen molar-refractivity contribution < 1.29 is 4.39 Å². The van der Waals surface area contributed by atoms with Crippen molar-refractivity contribution in [3.63, 3.8) is 0 Å². The van der Waals surface area contributed by atoms with Crippen molar-refractivity contribution in [2.75, 3.05) is 0 Å². The van der Waals surface area contributed by atoms with E-state index in [1.807, 2.05) is 25.1 Å². The second-order valence-electron chi connectivity index (χ2n) is 3.27. The molecule has 2 rings (SSSR count). The lowest BCUT2D eigenvalue weighted by Crippen LogP contribution is -1.79. The quantitative estimate of drug-likeness (QED) is 0.636. The van der Waals surface area contributed by atoms with Crippen LogP contribution in [0.1, 0.15) is 5.56 Å². The molecule has 0 aromatic heterocycles. The van der Waals surface area contributed by atoms with E-state index in [1.54, 1.807) is 12.1 Å². The van der Waals surface area contributed by atoms with Gasteiger partial charge in [0.2, 0.25) is 0 Å². The van der Waals surface area contributed by atoms with Gasteiger partial charge in [0.25, 0.3) is 0 Å². The summed E-state index contributed by atoms with van der Waals surface area (Å²) in [6.45, 7) is 1.99. The van der Waals surface area contributed by atoms with Crippen LogP contribution >= 0.6 is 0 Å². The van der Waals surface area contributed by atoms with Crippen molar-refractivity contribution in [1.29, 1.82) is 0 Å². The number of rotatable bonds is 1. The average molecular weight is 185 g/mol. The molecule has 0 aliphatic heterocycles. The van der Waals surface area contributed by atoms with Gasteiger partial charge in [0.15, 0.2) is 0 Å². The molecular weight excluding hydrogens is 175 g/mol. The van der Waals surface area contributed by atoms with Crippen LogP contribution in [0.15, 0.2) is 42.5 Å². The highest BCUT2D eigenvalue weighted by molar-refractivity contribution is 5.63. The summed E-state index contributed by atoms with van der Waals surface area (Å²) in [6, 6.07) is 15.5. The molecule has 2 aromatic carbocycles. The van der Waals surface area contributed by atoms with Crippen LogP contribution < -0.4 is 0 Å². The maximum atomic E-state index is 12.7. The van der Waals surface area contributed by atoms with Crippen LogP contribution in [0.4, 0.5) is 4.39 Å². The Bertz CT molecular complexity index is 368. The van der Waals surface area contributed by atoms with Crippen LogP contribution in [0, 0.1) is 18.8 Å². The predicted octanol–water partition coefficient (Wildman–Crippen LogP) is 3.60. The molecule has 1 heteroatoms. The number of aryl methyl sites for hydroxylation is 1. The highest BCUT2D eigenvalue weighted by atomic mass is 19.1. The predicted molar refractivity (Wildman–Crippen MR) is 55.4 cm³/mol. The Hall–Kier alpha value is -1.63. The standard InChI is InChI=1S/C13H10F/c1-10-2-4-11(5-3-10)12-6-8-13(14)9-7-12/h2,4-9H,1H3. The maximum absolute atomic E-state index is 12.7. The monoisotopic (exact) mass is 185 g/mol. The van der Waals surface area contributed by atoms with Gasteiger partial charge in [0.05, 0.1) is 0 Å². The van der Waals surface area contributed by atoms with Crippen LogP contribution in [0.5, 0.6) is 0 Å². The number of hydrogen-bond acceptors (Lipinski definition) is 0. The van der Waals surface area contributed by atoms with Crippen LogP contribution in [0.2, 0.25) is 0 Å². The van der Waals surface area contributed by atoms with Crippen molar-refractivity contribution in [3.05, 3.63) is 59.9 Å². The SMILES string of the molecule is Cc1[c]cc(-c2ccc(F)cc2)cc1. The largest absolute Gasteiger partial charge is 0.207 e. The van der Waals surface area contributed by atoms with E-state index in [9.17, 15) is 4.39 Å². The molecule has 0 bridgehead atoms. The molecule has 69 valence electrons. The van der Waals surface area contributed by atoms with Gasteiger partial charge in [-0.3, -0.25) is 0 Å². The minimum absolute atomic E-state index is 0.204. The second kappa shape index (κ2) is 3.62. The van der Waals surface area contributed by atoms with Gasteiger partial charge in [-0.1, -0.05) is 24.3 Å². The molecule has 1 radical (unpaired) electrons. The first kappa shape index (κ1) is 8.95. The van der Waals surface area contributed by atoms with Gasteiger partial charge in [-0.2, -0.15) is 0 Å². The third-order valence-electron chi connectivity index (χ3n) is 2.15. The molecule has 0 spiro atoms. The van der Waals surface area contributed by atoms with Gasteiger partial charge in [-0.05, 0) is 47.9 Å². The fourth-order valence-corrected chi connectivity index (χ4v) is 1.32. The van der Waals surface area contributed by atoms with Crippen molar-refractivity contribution >= 4 is 0 Å². The third-order valence-corrected chi connectivity index (χ3v) is 2.15. The van der Waals surface area contributed by atoms with E-state index in [-0.39, 0.29) is 5.82 Å². The lowest BCUT2D eigenvalue weighted by atomic mass is 10.0. The maximum Gasteiger partial charge on any atom is 0.123 e. The molecule has 0 saturated carbocycles. The van der Waals surface area contributed by atoms with Gasteiger partial charge >= 0.3 is 0 Å². The zero-order valence-corrected chi connectivity index (χ0v) is 7.92. The van der Waals surface area contributed by atoms with Crippen LogP contribution in [-0.4, -0.2) is 0 Å². The van der Waals surface area contributed by atoms with E-state index < -0.39 is 0 Å². The van der Waals surface area contributed by atoms with Crippen LogP contribution in [-0.2, 0) is 0 Å². The van der Waals surface area contributed by atoms with E-state index in [4.69, 9.17) is 0 Å². The molecule has 0 fully saturated rings. The molecular formula is C13H10F. The first-order chi connectivity index (χ1) is 6.75. The number of hydrogen-bond donors (Lipinski definition) is 0. The molecule has 0 nitrogen and oxygen atoms in total. The minimum Gasteiger partial charge on any atom is -0.207 e. The fourth-order valence-electron chi connectivity index (χ4n) is 1.32. The Balaban J connectivity index is 2.40. The fraction of sp³-hybridized carbons (Fsp3) is 0.0769. The van der Waals surface area contributed by atoms with Crippen molar-refractivity contribution in [1.82, 2.24) is 0 Å². The van der Waals surface area contributed by atoms with E-state index in [2.05, 4.69) is 6.07 Å².